The Bertz CT molecular complexity index is 1120. The third-order valence-electron chi connectivity index (χ3n) is 6.20. The topological polar surface area (TPSA) is 104 Å². The van der Waals surface area contributed by atoms with Crippen molar-refractivity contribution < 1.29 is 18.0 Å². The average Bonchev–Trinajstić information content (AvgIpc) is 2.87. The fourth-order valence-electron chi connectivity index (χ4n) is 4.26. The minimum Gasteiger partial charge on any atom is -0.351 e. The van der Waals surface area contributed by atoms with Crippen LogP contribution in [0.3, 0.4) is 0 Å². The predicted molar refractivity (Wildman–Crippen MR) is 142 cm³/mol. The lowest BCUT2D eigenvalue weighted by Gasteiger charge is -2.29. The molecule has 0 bridgehead atoms. The van der Waals surface area contributed by atoms with Gasteiger partial charge in [0.05, 0.1) is 17.0 Å². The maximum atomic E-state index is 13.2. The Morgan fingerprint density at radius 1 is 1.03 bits per heavy atom. The first kappa shape index (κ1) is 27.6. The Morgan fingerprint density at radius 2 is 1.67 bits per heavy atom. The van der Waals surface area contributed by atoms with Gasteiger partial charge in [0, 0.05) is 18.0 Å². The molecule has 2 aromatic rings. The van der Waals surface area contributed by atoms with Gasteiger partial charge in [-0.3, -0.25) is 14.9 Å². The monoisotopic (exact) mass is 511 g/mol. The maximum Gasteiger partial charge on any atom is 0.237 e. The minimum atomic E-state index is -3.60. The number of hydrogen-bond donors (Lipinski definition) is 3. The molecule has 1 heterocycles. The van der Waals surface area contributed by atoms with Gasteiger partial charge in [0.25, 0.3) is 0 Å². The number of rotatable bonds is 8. The van der Waals surface area contributed by atoms with E-state index in [0.29, 0.717) is 25.8 Å². The van der Waals surface area contributed by atoms with E-state index in [4.69, 9.17) is 0 Å². The van der Waals surface area contributed by atoms with Gasteiger partial charge in [0.2, 0.25) is 11.8 Å². The van der Waals surface area contributed by atoms with E-state index in [1.54, 1.807) is 36.4 Å². The molecule has 0 aromatic heterocycles. The van der Waals surface area contributed by atoms with Gasteiger partial charge >= 0.3 is 0 Å². The first-order valence-corrected chi connectivity index (χ1v) is 14.2. The molecule has 8 heteroatoms. The Morgan fingerprint density at radius 3 is 2.33 bits per heavy atom. The molecule has 0 saturated carbocycles. The first-order valence-electron chi connectivity index (χ1n) is 12.6. The summed E-state index contributed by atoms with van der Waals surface area (Å²) in [4.78, 5) is 26.5. The third-order valence-corrected chi connectivity index (χ3v) is 7.64. The van der Waals surface area contributed by atoms with Crippen molar-refractivity contribution in [2.24, 2.45) is 5.92 Å². The Balaban J connectivity index is 1.69. The van der Waals surface area contributed by atoms with Crippen LogP contribution in [0, 0.1) is 5.92 Å². The average molecular weight is 512 g/mol. The number of benzene rings is 2. The zero-order valence-electron chi connectivity index (χ0n) is 21.0. The molecule has 2 aromatic carbocycles. The van der Waals surface area contributed by atoms with E-state index in [1.807, 2.05) is 44.2 Å². The van der Waals surface area contributed by atoms with Crippen LogP contribution in [0.2, 0.25) is 0 Å². The fraction of sp³-hybridized carbons (Fsp3) is 0.429. The van der Waals surface area contributed by atoms with Gasteiger partial charge in [-0.25, -0.2) is 8.42 Å². The zero-order valence-corrected chi connectivity index (χ0v) is 21.8. The smallest absolute Gasteiger partial charge is 0.237 e. The summed E-state index contributed by atoms with van der Waals surface area (Å²) in [5.41, 5.74) is 1.02. The number of amides is 2. The summed E-state index contributed by atoms with van der Waals surface area (Å²) in [5, 5.41) is 10.5. The molecular formula is C28H37N3O4S. The lowest BCUT2D eigenvalue weighted by Crippen LogP contribution is -2.55. The third kappa shape index (κ3) is 8.60. The van der Waals surface area contributed by atoms with Crippen molar-refractivity contribution in [3.8, 4) is 0 Å². The van der Waals surface area contributed by atoms with Crippen molar-refractivity contribution in [3.63, 3.8) is 0 Å². The molecule has 2 amide bonds. The number of hydrogen-bond acceptors (Lipinski definition) is 5. The molecule has 3 atom stereocenters. The summed E-state index contributed by atoms with van der Waals surface area (Å²) in [5.74, 6) is -0.110. The number of carbonyl (C=O) groups is 2. The Labute approximate surface area is 214 Å². The second-order valence-electron chi connectivity index (χ2n) is 9.69. The van der Waals surface area contributed by atoms with Crippen LogP contribution in [0.5, 0.6) is 0 Å². The van der Waals surface area contributed by atoms with Crippen LogP contribution in [0.1, 0.15) is 51.5 Å². The molecule has 1 saturated heterocycles. The molecule has 0 radical (unpaired) electrons. The summed E-state index contributed by atoms with van der Waals surface area (Å²) in [6.45, 7) is 4.49. The lowest BCUT2D eigenvalue weighted by molar-refractivity contribution is -0.126. The highest BCUT2D eigenvalue weighted by atomic mass is 32.2. The molecule has 3 rings (SSSR count). The van der Waals surface area contributed by atoms with Crippen molar-refractivity contribution in [1.82, 2.24) is 16.0 Å². The van der Waals surface area contributed by atoms with Crippen LogP contribution in [-0.4, -0.2) is 38.4 Å². The van der Waals surface area contributed by atoms with Crippen LogP contribution >= 0.6 is 0 Å². The molecule has 0 spiro atoms. The molecule has 7 nitrogen and oxygen atoms in total. The Kier molecular flexibility index (Phi) is 10.3. The van der Waals surface area contributed by atoms with Gasteiger partial charge in [-0.1, -0.05) is 81.3 Å². The van der Waals surface area contributed by atoms with E-state index in [1.165, 1.54) is 5.41 Å². The van der Waals surface area contributed by atoms with Crippen LogP contribution in [0.4, 0.5) is 0 Å². The first-order chi connectivity index (χ1) is 17.2. The summed E-state index contributed by atoms with van der Waals surface area (Å²) in [7, 11) is -3.60. The van der Waals surface area contributed by atoms with E-state index < -0.39 is 28.0 Å². The summed E-state index contributed by atoms with van der Waals surface area (Å²) >= 11 is 0. The van der Waals surface area contributed by atoms with E-state index in [9.17, 15) is 18.0 Å². The van der Waals surface area contributed by atoms with E-state index in [2.05, 4.69) is 16.0 Å². The molecule has 1 fully saturated rings. The van der Waals surface area contributed by atoms with Gasteiger partial charge in [-0.2, -0.15) is 0 Å². The molecular weight excluding hydrogens is 474 g/mol. The van der Waals surface area contributed by atoms with Gasteiger partial charge in [-0.05, 0) is 42.9 Å². The van der Waals surface area contributed by atoms with Crippen molar-refractivity contribution in [3.05, 3.63) is 77.7 Å². The quantitative estimate of drug-likeness (QED) is 0.501. The van der Waals surface area contributed by atoms with Crippen LogP contribution < -0.4 is 16.0 Å². The minimum absolute atomic E-state index is 0.119. The fourth-order valence-corrected chi connectivity index (χ4v) is 5.35. The molecule has 194 valence electrons. The van der Waals surface area contributed by atoms with Gasteiger partial charge in [0.15, 0.2) is 9.84 Å². The van der Waals surface area contributed by atoms with Crippen molar-refractivity contribution >= 4 is 21.7 Å². The SMILES string of the molecule is CC(C)C[C@@H]1N[C@@H](C(=O)NCc2ccccc2)CCCC[C@H](/C=C/S(=O)(=O)c2ccccc2)NC1=O. The normalized spacial score (nSPS) is 21.8. The maximum absolute atomic E-state index is 13.2. The second kappa shape index (κ2) is 13.4. The van der Waals surface area contributed by atoms with Crippen molar-refractivity contribution in [2.45, 2.75) is 75.5 Å². The zero-order chi connectivity index (χ0) is 26.0. The Hall–Kier alpha value is -2.97. The van der Waals surface area contributed by atoms with Crippen molar-refractivity contribution in [1.29, 1.82) is 0 Å². The van der Waals surface area contributed by atoms with Crippen molar-refractivity contribution in [2.75, 3.05) is 0 Å². The number of nitrogens with one attached hydrogen (secondary N) is 3. The van der Waals surface area contributed by atoms with Crippen LogP contribution in [-0.2, 0) is 26.0 Å². The van der Waals surface area contributed by atoms with Crippen LogP contribution in [0.25, 0.3) is 0 Å². The summed E-state index contributed by atoms with van der Waals surface area (Å²) in [6.07, 6.45) is 4.85. The van der Waals surface area contributed by atoms with E-state index in [-0.39, 0.29) is 22.6 Å². The van der Waals surface area contributed by atoms with E-state index >= 15 is 0 Å². The number of sulfone groups is 1. The molecule has 1 aliphatic heterocycles. The highest BCUT2D eigenvalue weighted by Gasteiger charge is 2.29. The van der Waals surface area contributed by atoms with Crippen LogP contribution in [0.15, 0.2) is 77.0 Å². The molecule has 3 N–H and O–H groups in total. The molecule has 0 aliphatic carbocycles. The standard InChI is InChI=1S/C28H37N3O4S/c1-21(2)19-26-28(33)30-23(17-18-36(34,35)24-14-7-4-8-15-24)13-9-10-16-25(31-26)27(32)29-20-22-11-5-3-6-12-22/h3-8,11-12,14-15,17-18,21,23,25-26,31H,9-10,13,16,19-20H2,1-2H3,(H,29,32)(H,30,33)/b18-17+/t23-,25-,26+/m1/s1. The van der Waals surface area contributed by atoms with Gasteiger partial charge in [0.1, 0.15) is 0 Å². The highest BCUT2D eigenvalue weighted by molar-refractivity contribution is 7.94. The summed E-state index contributed by atoms with van der Waals surface area (Å²) in [6, 6.07) is 16.5. The second-order valence-corrected chi connectivity index (χ2v) is 11.5. The summed E-state index contributed by atoms with van der Waals surface area (Å²) < 4.78 is 25.3. The lowest BCUT2D eigenvalue weighted by atomic mass is 9.97. The number of carbonyl (C=O) groups excluding carboxylic acids is 2. The highest BCUT2D eigenvalue weighted by Crippen LogP contribution is 2.16. The largest absolute Gasteiger partial charge is 0.351 e. The molecule has 1 aliphatic rings. The van der Waals surface area contributed by atoms with E-state index in [0.717, 1.165) is 18.4 Å². The van der Waals surface area contributed by atoms with Gasteiger partial charge < -0.3 is 10.6 Å². The molecule has 0 unspecified atom stereocenters. The van der Waals surface area contributed by atoms with Gasteiger partial charge in [-0.15, -0.1) is 0 Å². The molecule has 36 heavy (non-hydrogen) atoms. The predicted octanol–water partition coefficient (Wildman–Crippen LogP) is 3.72.